The van der Waals surface area contributed by atoms with Gasteiger partial charge in [0, 0.05) is 23.1 Å². The fourth-order valence-corrected chi connectivity index (χ4v) is 2.57. The third kappa shape index (κ3) is 1.69. The molecule has 2 N–H and O–H groups in total. The highest BCUT2D eigenvalue weighted by Crippen LogP contribution is 2.26. The zero-order valence-electron chi connectivity index (χ0n) is 7.66. The molecule has 1 aromatic rings. The van der Waals surface area contributed by atoms with Gasteiger partial charge in [0.2, 0.25) is 0 Å². The smallest absolute Gasteiger partial charge is 0.116 e. The van der Waals surface area contributed by atoms with Crippen molar-refractivity contribution in [1.29, 1.82) is 0 Å². The summed E-state index contributed by atoms with van der Waals surface area (Å²) in [6, 6.07) is 0.0236. The van der Waals surface area contributed by atoms with Crippen molar-refractivity contribution in [2.24, 2.45) is 5.73 Å². The normalized spacial score (nSPS) is 18.0. The predicted octanol–water partition coefficient (Wildman–Crippen LogP) is 1.29. The Kier molecular flexibility index (Phi) is 2.51. The number of nitrogens with two attached hydrogens (primary N) is 1. The maximum Gasteiger partial charge on any atom is 0.116 e. The Bertz CT molecular complexity index is 312. The van der Waals surface area contributed by atoms with Gasteiger partial charge in [-0.3, -0.25) is 0 Å². The second-order valence-corrected chi connectivity index (χ2v) is 4.38. The Morgan fingerprint density at radius 1 is 1.54 bits per heavy atom. The zero-order valence-corrected chi connectivity index (χ0v) is 8.47. The Labute approximate surface area is 82.2 Å². The van der Waals surface area contributed by atoms with Gasteiger partial charge in [-0.1, -0.05) is 0 Å². The molecule has 1 aliphatic rings. The van der Waals surface area contributed by atoms with Crippen LogP contribution in [0.15, 0.2) is 6.33 Å². The molecule has 0 fully saturated rings. The fourth-order valence-electron chi connectivity index (χ4n) is 1.57. The number of thioether (sulfide) groups is 1. The molecule has 0 spiro atoms. The molecule has 0 amide bonds. The molecule has 0 aliphatic carbocycles. The zero-order chi connectivity index (χ0) is 9.26. The van der Waals surface area contributed by atoms with Crippen molar-refractivity contribution in [3.05, 3.63) is 23.3 Å². The molecular weight excluding hydrogens is 182 g/mol. The Morgan fingerprint density at radius 2 is 2.38 bits per heavy atom. The quantitative estimate of drug-likeness (QED) is 0.733. The lowest BCUT2D eigenvalue weighted by molar-refractivity contribution is 0.749. The van der Waals surface area contributed by atoms with Crippen molar-refractivity contribution >= 4 is 11.8 Å². The predicted molar refractivity (Wildman–Crippen MR) is 54.5 cm³/mol. The van der Waals surface area contributed by atoms with Crippen molar-refractivity contribution in [3.63, 3.8) is 0 Å². The maximum absolute atomic E-state index is 5.84. The molecule has 2 heterocycles. The Morgan fingerprint density at radius 3 is 3.15 bits per heavy atom. The minimum atomic E-state index is 0.0236. The molecule has 1 aliphatic heterocycles. The van der Waals surface area contributed by atoms with E-state index in [1.54, 1.807) is 6.33 Å². The van der Waals surface area contributed by atoms with Crippen LogP contribution in [0.3, 0.4) is 0 Å². The molecular formula is C9H13N3S. The standard InChI is InChI=1S/C9H13N3S/c1-6(10)9-7-4-13-3-2-8(7)11-5-12-9/h5-6H,2-4,10H2,1H3/t6-/m0/s1. The molecule has 0 aromatic carbocycles. The second kappa shape index (κ2) is 3.64. The van der Waals surface area contributed by atoms with Crippen LogP contribution in [0.4, 0.5) is 0 Å². The van der Waals surface area contributed by atoms with Gasteiger partial charge in [-0.25, -0.2) is 9.97 Å². The van der Waals surface area contributed by atoms with Crippen molar-refractivity contribution < 1.29 is 0 Å². The number of hydrogen-bond acceptors (Lipinski definition) is 4. The van der Waals surface area contributed by atoms with Crippen molar-refractivity contribution in [3.8, 4) is 0 Å². The van der Waals surface area contributed by atoms with Gasteiger partial charge in [-0.05, 0) is 19.1 Å². The highest BCUT2D eigenvalue weighted by atomic mass is 32.2. The highest BCUT2D eigenvalue weighted by molar-refractivity contribution is 7.98. The minimum absolute atomic E-state index is 0.0236. The van der Waals surface area contributed by atoms with E-state index in [1.165, 1.54) is 17.0 Å². The molecule has 0 saturated heterocycles. The first-order valence-corrected chi connectivity index (χ1v) is 5.60. The molecule has 3 nitrogen and oxygen atoms in total. The van der Waals surface area contributed by atoms with Gasteiger partial charge in [0.15, 0.2) is 0 Å². The van der Waals surface area contributed by atoms with E-state index in [0.29, 0.717) is 0 Å². The number of hydrogen-bond donors (Lipinski definition) is 1. The van der Waals surface area contributed by atoms with Crippen LogP contribution in [0.5, 0.6) is 0 Å². The Balaban J connectivity index is 2.46. The second-order valence-electron chi connectivity index (χ2n) is 3.28. The molecule has 1 aromatic heterocycles. The topological polar surface area (TPSA) is 51.8 Å². The summed E-state index contributed by atoms with van der Waals surface area (Å²) >= 11 is 1.93. The summed E-state index contributed by atoms with van der Waals surface area (Å²) in [5, 5.41) is 0. The summed E-state index contributed by atoms with van der Waals surface area (Å²) in [7, 11) is 0. The van der Waals surface area contributed by atoms with Gasteiger partial charge in [0.05, 0.1) is 5.69 Å². The maximum atomic E-state index is 5.84. The average Bonchev–Trinajstić information content (AvgIpc) is 2.17. The molecule has 0 unspecified atom stereocenters. The molecule has 1 atom stereocenters. The van der Waals surface area contributed by atoms with Crippen LogP contribution in [-0.4, -0.2) is 15.7 Å². The summed E-state index contributed by atoms with van der Waals surface area (Å²) in [6.07, 6.45) is 2.69. The van der Waals surface area contributed by atoms with Crippen molar-refractivity contribution in [1.82, 2.24) is 9.97 Å². The lowest BCUT2D eigenvalue weighted by atomic mass is 10.1. The molecule has 4 heteroatoms. The van der Waals surface area contributed by atoms with E-state index in [4.69, 9.17) is 5.73 Å². The van der Waals surface area contributed by atoms with Crippen LogP contribution in [0.1, 0.15) is 29.9 Å². The van der Waals surface area contributed by atoms with E-state index in [-0.39, 0.29) is 6.04 Å². The van der Waals surface area contributed by atoms with Crippen molar-refractivity contribution in [2.75, 3.05) is 5.75 Å². The van der Waals surface area contributed by atoms with E-state index >= 15 is 0 Å². The lowest BCUT2D eigenvalue weighted by Gasteiger charge is -2.18. The van der Waals surface area contributed by atoms with E-state index in [2.05, 4.69) is 9.97 Å². The van der Waals surface area contributed by atoms with E-state index in [0.717, 1.165) is 17.9 Å². The average molecular weight is 195 g/mol. The van der Waals surface area contributed by atoms with Gasteiger partial charge < -0.3 is 5.73 Å². The number of nitrogens with zero attached hydrogens (tertiary/aromatic N) is 2. The van der Waals surface area contributed by atoms with Gasteiger partial charge in [0.1, 0.15) is 6.33 Å². The fraction of sp³-hybridized carbons (Fsp3) is 0.556. The van der Waals surface area contributed by atoms with Crippen LogP contribution >= 0.6 is 11.8 Å². The number of fused-ring (bicyclic) bond motifs is 1. The minimum Gasteiger partial charge on any atom is -0.323 e. The number of aryl methyl sites for hydroxylation is 1. The summed E-state index contributed by atoms with van der Waals surface area (Å²) in [4.78, 5) is 8.52. The number of aromatic nitrogens is 2. The summed E-state index contributed by atoms with van der Waals surface area (Å²) < 4.78 is 0. The van der Waals surface area contributed by atoms with Crippen LogP contribution < -0.4 is 5.73 Å². The summed E-state index contributed by atoms with van der Waals surface area (Å²) in [6.45, 7) is 1.97. The van der Waals surface area contributed by atoms with Gasteiger partial charge >= 0.3 is 0 Å². The van der Waals surface area contributed by atoms with E-state index in [9.17, 15) is 0 Å². The largest absolute Gasteiger partial charge is 0.323 e. The highest BCUT2D eigenvalue weighted by Gasteiger charge is 2.17. The first-order valence-electron chi connectivity index (χ1n) is 4.45. The van der Waals surface area contributed by atoms with Gasteiger partial charge in [-0.2, -0.15) is 11.8 Å². The van der Waals surface area contributed by atoms with Crippen LogP contribution in [0.25, 0.3) is 0 Å². The van der Waals surface area contributed by atoms with Crippen LogP contribution in [0.2, 0.25) is 0 Å². The molecule has 70 valence electrons. The third-order valence-corrected chi connectivity index (χ3v) is 3.21. The van der Waals surface area contributed by atoms with Crippen molar-refractivity contribution in [2.45, 2.75) is 25.1 Å². The molecule has 2 rings (SSSR count). The summed E-state index contributed by atoms with van der Waals surface area (Å²) in [5.74, 6) is 2.19. The molecule has 13 heavy (non-hydrogen) atoms. The first-order chi connectivity index (χ1) is 6.29. The van der Waals surface area contributed by atoms with Crippen LogP contribution in [0, 0.1) is 0 Å². The lowest BCUT2D eigenvalue weighted by Crippen LogP contribution is -2.16. The SMILES string of the molecule is C[C@H](N)c1ncnc2c1CSCC2. The molecule has 0 radical (unpaired) electrons. The molecule has 0 saturated carbocycles. The Hall–Kier alpha value is -0.610. The molecule has 0 bridgehead atoms. The number of rotatable bonds is 1. The monoisotopic (exact) mass is 195 g/mol. The van der Waals surface area contributed by atoms with Crippen LogP contribution in [-0.2, 0) is 12.2 Å². The summed E-state index contributed by atoms with van der Waals surface area (Å²) in [5.41, 5.74) is 9.33. The third-order valence-electron chi connectivity index (χ3n) is 2.23. The van der Waals surface area contributed by atoms with E-state index in [1.807, 2.05) is 18.7 Å². The first kappa shape index (κ1) is 8.97. The van der Waals surface area contributed by atoms with E-state index < -0.39 is 0 Å². The van der Waals surface area contributed by atoms with Gasteiger partial charge in [-0.15, -0.1) is 0 Å². The van der Waals surface area contributed by atoms with Gasteiger partial charge in [0.25, 0.3) is 0 Å².